The Labute approximate surface area is 254 Å². The first kappa shape index (κ1) is 33.8. The second kappa shape index (κ2) is 16.2. The normalized spacial score (nSPS) is 20.8. The number of carbonyl (C=O) groups excluding carboxylic acids is 3. The standard InChI is InChI=1S/C32H47N5O6/c1-21(2)34-32(41)35-26-10-11-28-27(17-26)31(40)37(23(4)20-38)18-22(3)29(42-16-8-7-9-24(5)43-28)19-36(6)30(39)25-12-14-33-15-13-25/h10-15,17,21-24,29,38H,7-9,16,18-20H2,1-6H3,(H2,34,35,41)/t22-,23+,24-,29-/m1/s1. The second-order valence-electron chi connectivity index (χ2n) is 11.7. The van der Waals surface area contributed by atoms with E-state index in [1.54, 1.807) is 66.5 Å². The van der Waals surface area contributed by atoms with Crippen molar-refractivity contribution in [1.82, 2.24) is 20.1 Å². The molecule has 43 heavy (non-hydrogen) atoms. The Hall–Kier alpha value is -3.70. The third-order valence-corrected chi connectivity index (χ3v) is 7.46. The number of rotatable bonds is 7. The topological polar surface area (TPSA) is 133 Å². The highest BCUT2D eigenvalue weighted by Crippen LogP contribution is 2.28. The smallest absolute Gasteiger partial charge is 0.319 e. The van der Waals surface area contributed by atoms with Gasteiger partial charge in [-0.3, -0.25) is 14.6 Å². The zero-order valence-corrected chi connectivity index (χ0v) is 26.2. The van der Waals surface area contributed by atoms with E-state index in [4.69, 9.17) is 9.47 Å². The zero-order chi connectivity index (χ0) is 31.5. The van der Waals surface area contributed by atoms with Gasteiger partial charge in [0, 0.05) is 62.3 Å². The molecule has 4 amide bonds. The predicted molar refractivity (Wildman–Crippen MR) is 165 cm³/mol. The van der Waals surface area contributed by atoms with E-state index in [1.807, 2.05) is 27.7 Å². The molecule has 4 atom stereocenters. The van der Waals surface area contributed by atoms with Crippen LogP contribution in [0.25, 0.3) is 0 Å². The van der Waals surface area contributed by atoms with Gasteiger partial charge in [-0.15, -0.1) is 0 Å². The number of pyridine rings is 1. The fourth-order valence-electron chi connectivity index (χ4n) is 4.96. The Kier molecular flexibility index (Phi) is 12.8. The Balaban J connectivity index is 1.93. The van der Waals surface area contributed by atoms with Crippen LogP contribution in [0.15, 0.2) is 42.7 Å². The van der Waals surface area contributed by atoms with Gasteiger partial charge in [-0.2, -0.15) is 0 Å². The monoisotopic (exact) mass is 597 g/mol. The number of carbonyl (C=O) groups is 3. The van der Waals surface area contributed by atoms with E-state index in [2.05, 4.69) is 15.6 Å². The van der Waals surface area contributed by atoms with Crippen molar-refractivity contribution in [3.63, 3.8) is 0 Å². The predicted octanol–water partition coefficient (Wildman–Crippen LogP) is 4.18. The first-order valence-electron chi connectivity index (χ1n) is 15.1. The summed E-state index contributed by atoms with van der Waals surface area (Å²) in [7, 11) is 1.74. The van der Waals surface area contributed by atoms with Crippen LogP contribution in [0.2, 0.25) is 0 Å². The maximum Gasteiger partial charge on any atom is 0.319 e. The number of aliphatic hydroxyl groups excluding tert-OH is 1. The number of aromatic nitrogens is 1. The molecule has 236 valence electrons. The number of hydrogen-bond donors (Lipinski definition) is 3. The summed E-state index contributed by atoms with van der Waals surface area (Å²) < 4.78 is 12.6. The van der Waals surface area contributed by atoms with Crippen LogP contribution in [0.5, 0.6) is 5.75 Å². The number of ether oxygens (including phenoxy) is 2. The fourth-order valence-corrected chi connectivity index (χ4v) is 4.96. The summed E-state index contributed by atoms with van der Waals surface area (Å²) in [6.45, 7) is 10.3. The van der Waals surface area contributed by atoms with Gasteiger partial charge in [-0.1, -0.05) is 6.92 Å². The van der Waals surface area contributed by atoms with E-state index < -0.39 is 6.04 Å². The van der Waals surface area contributed by atoms with Gasteiger partial charge in [-0.25, -0.2) is 4.79 Å². The SMILES string of the molecule is CC(C)NC(=O)Nc1ccc2c(c1)C(=O)N([C@@H](C)CO)C[C@@H](C)[C@@H](CN(C)C(=O)c1ccncc1)OCCCC[C@@H](C)O2. The van der Waals surface area contributed by atoms with Crippen LogP contribution < -0.4 is 15.4 Å². The molecule has 2 heterocycles. The molecule has 0 aliphatic carbocycles. The number of benzene rings is 1. The molecule has 1 aliphatic rings. The Bertz CT molecular complexity index is 1210. The number of hydrogen-bond acceptors (Lipinski definition) is 7. The van der Waals surface area contributed by atoms with Crippen LogP contribution in [0.4, 0.5) is 10.5 Å². The van der Waals surface area contributed by atoms with Crippen molar-refractivity contribution in [2.24, 2.45) is 5.92 Å². The van der Waals surface area contributed by atoms with Crippen LogP contribution in [-0.2, 0) is 4.74 Å². The molecule has 0 fully saturated rings. The Morgan fingerprint density at radius 2 is 1.86 bits per heavy atom. The van der Waals surface area contributed by atoms with Gasteiger partial charge in [0.05, 0.1) is 30.4 Å². The lowest BCUT2D eigenvalue weighted by Crippen LogP contribution is -2.48. The summed E-state index contributed by atoms with van der Waals surface area (Å²) in [5.41, 5.74) is 1.28. The lowest BCUT2D eigenvalue weighted by atomic mass is 10.0. The van der Waals surface area contributed by atoms with E-state index in [0.29, 0.717) is 35.7 Å². The third-order valence-electron chi connectivity index (χ3n) is 7.46. The maximum atomic E-state index is 14.2. The summed E-state index contributed by atoms with van der Waals surface area (Å²) >= 11 is 0. The first-order chi connectivity index (χ1) is 20.5. The molecule has 11 nitrogen and oxygen atoms in total. The quantitative estimate of drug-likeness (QED) is 0.436. The molecule has 2 aromatic rings. The Morgan fingerprint density at radius 1 is 1.14 bits per heavy atom. The van der Waals surface area contributed by atoms with Crippen LogP contribution in [0.3, 0.4) is 0 Å². The molecule has 3 rings (SSSR count). The van der Waals surface area contributed by atoms with Gasteiger partial charge in [0.15, 0.2) is 0 Å². The van der Waals surface area contributed by atoms with Crippen molar-refractivity contribution >= 4 is 23.5 Å². The number of urea groups is 1. The highest BCUT2D eigenvalue weighted by Gasteiger charge is 2.31. The van der Waals surface area contributed by atoms with E-state index in [1.165, 1.54) is 0 Å². The highest BCUT2D eigenvalue weighted by molar-refractivity contribution is 5.99. The molecular formula is C32H47N5O6. The molecule has 0 bridgehead atoms. The summed E-state index contributed by atoms with van der Waals surface area (Å²) in [6, 6.07) is 7.45. The van der Waals surface area contributed by atoms with Crippen LogP contribution in [-0.4, -0.2) is 95.4 Å². The van der Waals surface area contributed by atoms with Crippen LogP contribution in [0, 0.1) is 5.92 Å². The minimum absolute atomic E-state index is 0.0558. The van der Waals surface area contributed by atoms with Gasteiger partial charge >= 0.3 is 6.03 Å². The van der Waals surface area contributed by atoms with Crippen molar-refractivity contribution in [2.45, 2.75) is 78.2 Å². The number of nitrogens with zero attached hydrogens (tertiary/aromatic N) is 3. The van der Waals surface area contributed by atoms with Gasteiger partial charge in [0.1, 0.15) is 5.75 Å². The maximum absolute atomic E-state index is 14.2. The average Bonchev–Trinajstić information content (AvgIpc) is 2.98. The summed E-state index contributed by atoms with van der Waals surface area (Å²) in [4.78, 5) is 46.9. The van der Waals surface area contributed by atoms with E-state index >= 15 is 0 Å². The molecule has 1 aromatic heterocycles. The van der Waals surface area contributed by atoms with Crippen molar-refractivity contribution < 1.29 is 29.0 Å². The fraction of sp³-hybridized carbons (Fsp3) is 0.562. The molecule has 1 aromatic carbocycles. The summed E-state index contributed by atoms with van der Waals surface area (Å²) in [6.07, 6.45) is 5.07. The summed E-state index contributed by atoms with van der Waals surface area (Å²) in [5, 5.41) is 15.7. The van der Waals surface area contributed by atoms with Gasteiger partial charge in [0.2, 0.25) is 0 Å². The first-order valence-corrected chi connectivity index (χ1v) is 15.1. The van der Waals surface area contributed by atoms with Crippen molar-refractivity contribution in [2.75, 3.05) is 38.7 Å². The van der Waals surface area contributed by atoms with E-state index in [0.717, 1.165) is 19.3 Å². The minimum Gasteiger partial charge on any atom is -0.490 e. The average molecular weight is 598 g/mol. The molecule has 11 heteroatoms. The van der Waals surface area contributed by atoms with Crippen molar-refractivity contribution in [3.8, 4) is 5.75 Å². The van der Waals surface area contributed by atoms with E-state index in [9.17, 15) is 19.5 Å². The molecule has 0 saturated carbocycles. The van der Waals surface area contributed by atoms with Crippen LogP contribution in [0.1, 0.15) is 74.6 Å². The Morgan fingerprint density at radius 3 is 2.53 bits per heavy atom. The van der Waals surface area contributed by atoms with Gasteiger partial charge in [-0.05, 0) is 77.3 Å². The number of amides is 4. The van der Waals surface area contributed by atoms with Gasteiger partial charge in [0.25, 0.3) is 11.8 Å². The molecule has 3 N–H and O–H groups in total. The number of fused-ring (bicyclic) bond motifs is 1. The largest absolute Gasteiger partial charge is 0.490 e. The number of likely N-dealkylation sites (N-methyl/N-ethyl adjacent to an activating group) is 1. The summed E-state index contributed by atoms with van der Waals surface area (Å²) in [5.74, 6) is -0.242. The van der Waals surface area contributed by atoms with Crippen molar-refractivity contribution in [1.29, 1.82) is 0 Å². The second-order valence-corrected chi connectivity index (χ2v) is 11.7. The number of nitrogens with one attached hydrogen (secondary N) is 2. The highest BCUT2D eigenvalue weighted by atomic mass is 16.5. The zero-order valence-electron chi connectivity index (χ0n) is 26.2. The van der Waals surface area contributed by atoms with Gasteiger partial charge < -0.3 is 35.0 Å². The lowest BCUT2D eigenvalue weighted by Gasteiger charge is -2.36. The van der Waals surface area contributed by atoms with Crippen molar-refractivity contribution in [3.05, 3.63) is 53.9 Å². The molecular weight excluding hydrogens is 550 g/mol. The third kappa shape index (κ3) is 9.93. The van der Waals surface area contributed by atoms with Crippen LogP contribution >= 0.6 is 0 Å². The molecule has 0 saturated heterocycles. The minimum atomic E-state index is -0.509. The molecule has 0 unspecified atom stereocenters. The molecule has 0 spiro atoms. The number of anilines is 1. The van der Waals surface area contributed by atoms with E-state index in [-0.39, 0.29) is 55.2 Å². The number of aliphatic hydroxyl groups is 1. The lowest BCUT2D eigenvalue weighted by molar-refractivity contribution is -0.0149. The molecule has 1 aliphatic heterocycles. The molecule has 0 radical (unpaired) electrons.